The van der Waals surface area contributed by atoms with Crippen LogP contribution in [-0.2, 0) is 23.0 Å². The summed E-state index contributed by atoms with van der Waals surface area (Å²) < 4.78 is 7.20. The van der Waals surface area contributed by atoms with Gasteiger partial charge in [-0.3, -0.25) is 15.0 Å². The van der Waals surface area contributed by atoms with Gasteiger partial charge in [0.05, 0.1) is 24.1 Å². The average Bonchev–Trinajstić information content (AvgIpc) is 3.20. The largest absolute Gasteiger partial charge is 0.465 e. The zero-order valence-electron chi connectivity index (χ0n) is 19.5. The number of nitrogens with one attached hydrogen (secondary N) is 2. The Balaban J connectivity index is 1.33. The molecule has 1 amide bonds. The second kappa shape index (κ2) is 10.6. The summed E-state index contributed by atoms with van der Waals surface area (Å²) in [6.07, 6.45) is 0.763. The van der Waals surface area contributed by atoms with Gasteiger partial charge in [0.15, 0.2) is 0 Å². The summed E-state index contributed by atoms with van der Waals surface area (Å²) in [6.45, 7) is 0.504. The fourth-order valence-electron chi connectivity index (χ4n) is 3.78. The van der Waals surface area contributed by atoms with Gasteiger partial charge in [-0.25, -0.2) is 4.98 Å². The van der Waals surface area contributed by atoms with Crippen molar-refractivity contribution in [3.05, 3.63) is 89.5 Å². The predicted molar refractivity (Wildman–Crippen MR) is 135 cm³/mol. The molecule has 0 radical (unpaired) electrons. The van der Waals surface area contributed by atoms with Crippen LogP contribution in [-0.4, -0.2) is 40.4 Å². The van der Waals surface area contributed by atoms with Gasteiger partial charge in [0, 0.05) is 36.7 Å². The lowest BCUT2D eigenvalue weighted by Crippen LogP contribution is -2.26. The lowest BCUT2D eigenvalue weighted by Gasteiger charge is -2.07. The molecule has 1 heterocycles. The van der Waals surface area contributed by atoms with E-state index in [2.05, 4.69) is 5.32 Å². The summed E-state index contributed by atoms with van der Waals surface area (Å²) in [4.78, 5) is 29.2. The monoisotopic (exact) mass is 469 g/mol. The van der Waals surface area contributed by atoms with Gasteiger partial charge in [0.2, 0.25) is 0 Å². The molecule has 0 aliphatic carbocycles. The van der Waals surface area contributed by atoms with Crippen molar-refractivity contribution >= 4 is 28.7 Å². The van der Waals surface area contributed by atoms with Crippen molar-refractivity contribution in [2.24, 2.45) is 12.8 Å². The number of rotatable bonds is 9. The minimum absolute atomic E-state index is 0.0117. The lowest BCUT2D eigenvalue weighted by atomic mass is 10.1. The molecule has 0 atom stereocenters. The number of nitrogens with zero attached hydrogens (tertiary/aromatic N) is 2. The van der Waals surface area contributed by atoms with Gasteiger partial charge in [-0.2, -0.15) is 0 Å². The zero-order valence-corrected chi connectivity index (χ0v) is 19.5. The minimum Gasteiger partial charge on any atom is -0.465 e. The molecule has 8 heteroatoms. The van der Waals surface area contributed by atoms with E-state index in [0.717, 1.165) is 22.5 Å². The van der Waals surface area contributed by atoms with Crippen LogP contribution in [0.1, 0.15) is 27.9 Å². The molecule has 4 rings (SSSR count). The number of fused-ring (bicyclic) bond motifs is 1. The fraction of sp³-hybridized carbons (Fsp3) is 0.185. The molecule has 4 N–H and O–H groups in total. The number of ether oxygens (including phenoxy) is 1. The van der Waals surface area contributed by atoms with Gasteiger partial charge >= 0.3 is 5.97 Å². The van der Waals surface area contributed by atoms with Crippen molar-refractivity contribution in [1.82, 2.24) is 14.9 Å². The van der Waals surface area contributed by atoms with Crippen LogP contribution in [0.3, 0.4) is 0 Å². The Morgan fingerprint density at radius 1 is 1.03 bits per heavy atom. The molecule has 0 saturated carbocycles. The van der Waals surface area contributed by atoms with Crippen LogP contribution >= 0.6 is 0 Å². The van der Waals surface area contributed by atoms with E-state index < -0.39 is 0 Å². The molecule has 0 bridgehead atoms. The van der Waals surface area contributed by atoms with Gasteiger partial charge in [0.25, 0.3) is 5.91 Å². The molecule has 3 aromatic carbocycles. The number of carbonyl (C=O) groups excluding carboxylic acids is 2. The molecule has 178 valence electrons. The van der Waals surface area contributed by atoms with Crippen molar-refractivity contribution in [2.75, 3.05) is 13.2 Å². The molecule has 0 fully saturated rings. The fourth-order valence-corrected chi connectivity index (χ4v) is 3.78. The highest BCUT2D eigenvalue weighted by molar-refractivity contribution is 5.98. The number of amidine groups is 1. The highest BCUT2D eigenvalue weighted by Gasteiger charge is 2.14. The SMILES string of the molecule is Cn1c(-c2ccc(C(=N)N)cc2)nc2cc(C(=O)NCCC(=O)OCCc3ccccc3)ccc21. The molecule has 0 aliphatic heterocycles. The number of amides is 1. The summed E-state index contributed by atoms with van der Waals surface area (Å²) in [5.41, 5.74) is 10.2. The molecule has 0 unspecified atom stereocenters. The first kappa shape index (κ1) is 23.7. The van der Waals surface area contributed by atoms with Crippen molar-refractivity contribution in [3.8, 4) is 11.4 Å². The zero-order chi connectivity index (χ0) is 24.8. The summed E-state index contributed by atoms with van der Waals surface area (Å²) >= 11 is 0. The minimum atomic E-state index is -0.346. The van der Waals surface area contributed by atoms with Crippen molar-refractivity contribution < 1.29 is 14.3 Å². The average molecular weight is 470 g/mol. The highest BCUT2D eigenvalue weighted by Crippen LogP contribution is 2.24. The third kappa shape index (κ3) is 5.73. The number of carbonyl (C=O) groups is 2. The number of aromatic nitrogens is 2. The van der Waals surface area contributed by atoms with Crippen LogP contribution in [0, 0.1) is 5.41 Å². The number of aryl methyl sites for hydroxylation is 1. The molecule has 8 nitrogen and oxygen atoms in total. The summed E-state index contributed by atoms with van der Waals surface area (Å²) in [5, 5.41) is 10.3. The molecule has 1 aromatic heterocycles. The second-order valence-corrected chi connectivity index (χ2v) is 8.15. The Morgan fingerprint density at radius 2 is 1.74 bits per heavy atom. The molecule has 4 aromatic rings. The van der Waals surface area contributed by atoms with Crippen LogP contribution in [0.5, 0.6) is 0 Å². The first-order valence-corrected chi connectivity index (χ1v) is 11.3. The molecular formula is C27H27N5O3. The molecular weight excluding hydrogens is 442 g/mol. The van der Waals surface area contributed by atoms with Gasteiger partial charge in [-0.1, -0.05) is 54.6 Å². The third-order valence-corrected chi connectivity index (χ3v) is 5.71. The highest BCUT2D eigenvalue weighted by atomic mass is 16.5. The first-order chi connectivity index (χ1) is 16.9. The van der Waals surface area contributed by atoms with Gasteiger partial charge in [-0.05, 0) is 23.8 Å². The number of benzene rings is 3. The molecule has 0 spiro atoms. The normalized spacial score (nSPS) is 10.8. The van der Waals surface area contributed by atoms with Crippen LogP contribution in [0.25, 0.3) is 22.4 Å². The number of imidazole rings is 1. The van der Waals surface area contributed by atoms with Crippen molar-refractivity contribution in [1.29, 1.82) is 5.41 Å². The van der Waals surface area contributed by atoms with Crippen molar-refractivity contribution in [2.45, 2.75) is 12.8 Å². The van der Waals surface area contributed by atoms with E-state index in [4.69, 9.17) is 20.9 Å². The second-order valence-electron chi connectivity index (χ2n) is 8.15. The number of nitrogen functional groups attached to an aromatic ring is 1. The van der Waals surface area contributed by atoms with Gasteiger partial charge in [0.1, 0.15) is 11.7 Å². The van der Waals surface area contributed by atoms with Gasteiger partial charge < -0.3 is 20.4 Å². The van der Waals surface area contributed by atoms with E-state index in [1.54, 1.807) is 24.3 Å². The van der Waals surface area contributed by atoms with Crippen molar-refractivity contribution in [3.63, 3.8) is 0 Å². The van der Waals surface area contributed by atoms with Crippen LogP contribution in [0.4, 0.5) is 0 Å². The Kier molecular flexibility index (Phi) is 7.21. The maximum Gasteiger partial charge on any atom is 0.307 e. The standard InChI is InChI=1S/C27H27N5O3/c1-32-23-12-11-21(17-22(23)31-26(32)20-9-7-19(8-10-20)25(28)29)27(34)30-15-13-24(33)35-16-14-18-5-3-2-4-6-18/h2-12,17H,13-16H2,1H3,(H3,28,29)(H,30,34). The van der Waals surface area contributed by atoms with Gasteiger partial charge in [-0.15, -0.1) is 0 Å². The Hall–Kier alpha value is -4.46. The summed E-state index contributed by atoms with van der Waals surface area (Å²) in [6, 6.07) is 22.4. The molecule has 35 heavy (non-hydrogen) atoms. The van der Waals surface area contributed by atoms with E-state index in [1.165, 1.54) is 0 Å². The van der Waals surface area contributed by atoms with Crippen LogP contribution in [0.2, 0.25) is 0 Å². The Morgan fingerprint density at radius 3 is 2.46 bits per heavy atom. The molecule has 0 saturated heterocycles. The number of hydrogen-bond donors (Lipinski definition) is 3. The summed E-state index contributed by atoms with van der Waals surface area (Å²) in [5.74, 6) is 0.132. The number of esters is 1. The summed E-state index contributed by atoms with van der Waals surface area (Å²) in [7, 11) is 1.91. The Bertz CT molecular complexity index is 1360. The predicted octanol–water partition coefficient (Wildman–Crippen LogP) is 3.43. The number of hydrogen-bond acceptors (Lipinski definition) is 5. The topological polar surface area (TPSA) is 123 Å². The maximum absolute atomic E-state index is 12.6. The lowest BCUT2D eigenvalue weighted by molar-refractivity contribution is -0.143. The third-order valence-electron chi connectivity index (χ3n) is 5.71. The van der Waals surface area contributed by atoms with Crippen LogP contribution in [0.15, 0.2) is 72.8 Å². The Labute approximate surface area is 203 Å². The van der Waals surface area contributed by atoms with E-state index in [0.29, 0.717) is 29.7 Å². The first-order valence-electron chi connectivity index (χ1n) is 11.3. The van der Waals surface area contributed by atoms with E-state index in [1.807, 2.05) is 60.1 Å². The smallest absolute Gasteiger partial charge is 0.307 e. The van der Waals surface area contributed by atoms with Crippen LogP contribution < -0.4 is 11.1 Å². The maximum atomic E-state index is 12.6. The number of nitrogens with two attached hydrogens (primary N) is 1. The molecule has 0 aliphatic rings. The quantitative estimate of drug-likeness (QED) is 0.197. The van der Waals surface area contributed by atoms with E-state index in [9.17, 15) is 9.59 Å². The van der Waals surface area contributed by atoms with E-state index >= 15 is 0 Å². The van der Waals surface area contributed by atoms with E-state index in [-0.39, 0.29) is 30.7 Å².